The van der Waals surface area contributed by atoms with E-state index in [2.05, 4.69) is 79.1 Å². The maximum Gasteiger partial charge on any atom is 0.0718 e. The van der Waals surface area contributed by atoms with Gasteiger partial charge in [-0.3, -0.25) is 5.84 Å². The number of rotatable bonds is 4. The summed E-state index contributed by atoms with van der Waals surface area (Å²) in [5, 5.41) is 2.48. The molecule has 21 heavy (non-hydrogen) atoms. The molecule has 3 N–H and O–H groups in total. The highest BCUT2D eigenvalue weighted by molar-refractivity contribution is 5.86. The molecule has 0 fully saturated rings. The van der Waals surface area contributed by atoms with E-state index in [4.69, 9.17) is 5.84 Å². The van der Waals surface area contributed by atoms with E-state index >= 15 is 0 Å². The van der Waals surface area contributed by atoms with E-state index in [1.807, 2.05) is 0 Å². The van der Waals surface area contributed by atoms with Crippen molar-refractivity contribution in [1.29, 1.82) is 0 Å². The van der Waals surface area contributed by atoms with Gasteiger partial charge in [0.2, 0.25) is 0 Å². The lowest BCUT2D eigenvalue weighted by Gasteiger charge is -2.21. The molecule has 1 atom stereocenters. The number of hydrazine groups is 1. The Morgan fingerprint density at radius 2 is 1.52 bits per heavy atom. The van der Waals surface area contributed by atoms with Crippen LogP contribution in [-0.4, -0.2) is 0 Å². The first kappa shape index (κ1) is 13.8. The molecule has 0 amide bonds. The quantitative estimate of drug-likeness (QED) is 0.559. The van der Waals surface area contributed by atoms with E-state index in [1.54, 1.807) is 0 Å². The Kier molecular flexibility index (Phi) is 4.00. The van der Waals surface area contributed by atoms with Crippen LogP contribution >= 0.6 is 0 Å². The third-order valence-electron chi connectivity index (χ3n) is 4.05. The highest BCUT2D eigenvalue weighted by Gasteiger charge is 2.17. The summed E-state index contributed by atoms with van der Waals surface area (Å²) in [4.78, 5) is 0. The van der Waals surface area contributed by atoms with Crippen LogP contribution in [0.3, 0.4) is 0 Å². The second-order valence-electron chi connectivity index (χ2n) is 5.22. The standard InChI is InChI=1S/C19H20N2/c1-2-14-8-3-6-12-17(14)19(21-20)18-13-7-10-15-9-4-5-11-16(15)18/h3-13,19,21H,2,20H2,1H3. The van der Waals surface area contributed by atoms with Crippen molar-refractivity contribution in [3.8, 4) is 0 Å². The lowest BCUT2D eigenvalue weighted by atomic mass is 9.91. The average Bonchev–Trinajstić information content (AvgIpc) is 2.56. The second kappa shape index (κ2) is 6.08. The minimum Gasteiger partial charge on any atom is -0.271 e. The van der Waals surface area contributed by atoms with Crippen LogP contribution in [0.5, 0.6) is 0 Å². The van der Waals surface area contributed by atoms with E-state index in [0.717, 1.165) is 6.42 Å². The Labute approximate surface area is 125 Å². The summed E-state index contributed by atoms with van der Waals surface area (Å²) >= 11 is 0. The van der Waals surface area contributed by atoms with Gasteiger partial charge in [-0.1, -0.05) is 73.7 Å². The molecule has 3 aromatic carbocycles. The third kappa shape index (κ3) is 2.56. The van der Waals surface area contributed by atoms with Crippen LogP contribution in [0.1, 0.15) is 29.7 Å². The molecule has 106 valence electrons. The van der Waals surface area contributed by atoms with Gasteiger partial charge < -0.3 is 0 Å². The van der Waals surface area contributed by atoms with Gasteiger partial charge in [0.1, 0.15) is 0 Å². The highest BCUT2D eigenvalue weighted by Crippen LogP contribution is 2.30. The maximum absolute atomic E-state index is 5.90. The van der Waals surface area contributed by atoms with Crippen LogP contribution in [0.4, 0.5) is 0 Å². The van der Waals surface area contributed by atoms with Crippen LogP contribution in [0.2, 0.25) is 0 Å². The van der Waals surface area contributed by atoms with E-state index in [0.29, 0.717) is 0 Å². The normalized spacial score (nSPS) is 12.5. The summed E-state index contributed by atoms with van der Waals surface area (Å²) in [6.07, 6.45) is 0.999. The predicted molar refractivity (Wildman–Crippen MR) is 88.9 cm³/mol. The van der Waals surface area contributed by atoms with E-state index in [9.17, 15) is 0 Å². The molecule has 3 aromatic rings. The second-order valence-corrected chi connectivity index (χ2v) is 5.22. The Bertz CT molecular complexity index is 744. The first-order chi connectivity index (χ1) is 10.3. The molecule has 2 heteroatoms. The van der Waals surface area contributed by atoms with Crippen LogP contribution < -0.4 is 11.3 Å². The number of nitrogens with two attached hydrogens (primary N) is 1. The average molecular weight is 276 g/mol. The molecule has 0 aliphatic carbocycles. The molecule has 0 saturated heterocycles. The fourth-order valence-corrected chi connectivity index (χ4v) is 2.99. The Balaban J connectivity index is 2.19. The van der Waals surface area contributed by atoms with Crippen molar-refractivity contribution in [3.63, 3.8) is 0 Å². The minimum atomic E-state index is 0.00671. The maximum atomic E-state index is 5.90. The molecule has 0 spiro atoms. The van der Waals surface area contributed by atoms with Gasteiger partial charge >= 0.3 is 0 Å². The fourth-order valence-electron chi connectivity index (χ4n) is 2.99. The van der Waals surface area contributed by atoms with E-state index in [1.165, 1.54) is 27.5 Å². The molecule has 3 rings (SSSR count). The van der Waals surface area contributed by atoms with Crippen molar-refractivity contribution < 1.29 is 0 Å². The Morgan fingerprint density at radius 1 is 0.857 bits per heavy atom. The molecule has 0 radical (unpaired) electrons. The lowest BCUT2D eigenvalue weighted by molar-refractivity contribution is 0.635. The third-order valence-corrected chi connectivity index (χ3v) is 4.05. The van der Waals surface area contributed by atoms with Gasteiger partial charge in [0, 0.05) is 0 Å². The number of benzene rings is 3. The van der Waals surface area contributed by atoms with Gasteiger partial charge in [0.25, 0.3) is 0 Å². The van der Waals surface area contributed by atoms with Crippen molar-refractivity contribution in [2.24, 2.45) is 5.84 Å². The molecule has 0 heterocycles. The number of nitrogens with one attached hydrogen (secondary N) is 1. The van der Waals surface area contributed by atoms with Gasteiger partial charge in [0.05, 0.1) is 6.04 Å². The molecular formula is C19H20N2. The monoisotopic (exact) mass is 276 g/mol. The summed E-state index contributed by atoms with van der Waals surface area (Å²) in [5.74, 6) is 5.90. The molecule has 0 aliphatic rings. The predicted octanol–water partition coefficient (Wildman–Crippen LogP) is 3.95. The SMILES string of the molecule is CCc1ccccc1C(NN)c1cccc2ccccc12. The van der Waals surface area contributed by atoms with Crippen LogP contribution in [0.25, 0.3) is 10.8 Å². The van der Waals surface area contributed by atoms with Crippen molar-refractivity contribution in [3.05, 3.63) is 83.4 Å². The molecular weight excluding hydrogens is 256 g/mol. The smallest absolute Gasteiger partial charge is 0.0718 e. The number of hydrogen-bond acceptors (Lipinski definition) is 2. The Morgan fingerprint density at radius 3 is 2.33 bits per heavy atom. The lowest BCUT2D eigenvalue weighted by Crippen LogP contribution is -2.29. The van der Waals surface area contributed by atoms with E-state index in [-0.39, 0.29) is 6.04 Å². The van der Waals surface area contributed by atoms with Crippen LogP contribution in [0.15, 0.2) is 66.7 Å². The van der Waals surface area contributed by atoms with Gasteiger partial charge in [-0.25, -0.2) is 5.43 Å². The van der Waals surface area contributed by atoms with Crippen LogP contribution in [0, 0.1) is 0 Å². The number of hydrogen-bond donors (Lipinski definition) is 2. The fraction of sp³-hybridized carbons (Fsp3) is 0.158. The zero-order valence-corrected chi connectivity index (χ0v) is 12.2. The molecule has 0 bridgehead atoms. The van der Waals surface area contributed by atoms with Gasteiger partial charge in [-0.05, 0) is 33.9 Å². The van der Waals surface area contributed by atoms with Gasteiger partial charge in [-0.15, -0.1) is 0 Å². The van der Waals surface area contributed by atoms with Crippen molar-refractivity contribution in [2.75, 3.05) is 0 Å². The van der Waals surface area contributed by atoms with Crippen LogP contribution in [-0.2, 0) is 6.42 Å². The summed E-state index contributed by atoms with van der Waals surface area (Å²) in [7, 11) is 0. The molecule has 0 aromatic heterocycles. The number of fused-ring (bicyclic) bond motifs is 1. The van der Waals surface area contributed by atoms with E-state index < -0.39 is 0 Å². The summed E-state index contributed by atoms with van der Waals surface area (Å²) < 4.78 is 0. The van der Waals surface area contributed by atoms with Crippen molar-refractivity contribution in [1.82, 2.24) is 5.43 Å². The van der Waals surface area contributed by atoms with Gasteiger partial charge in [-0.2, -0.15) is 0 Å². The topological polar surface area (TPSA) is 38.0 Å². The van der Waals surface area contributed by atoms with Crippen molar-refractivity contribution in [2.45, 2.75) is 19.4 Å². The van der Waals surface area contributed by atoms with Gasteiger partial charge in [0.15, 0.2) is 0 Å². The minimum absolute atomic E-state index is 0.00671. The first-order valence-electron chi connectivity index (χ1n) is 7.36. The summed E-state index contributed by atoms with van der Waals surface area (Å²) in [6.45, 7) is 2.18. The first-order valence-corrected chi connectivity index (χ1v) is 7.36. The summed E-state index contributed by atoms with van der Waals surface area (Å²) in [6, 6.07) is 23.3. The zero-order valence-electron chi connectivity index (χ0n) is 12.2. The largest absolute Gasteiger partial charge is 0.271 e. The molecule has 2 nitrogen and oxygen atoms in total. The molecule has 0 aliphatic heterocycles. The number of aryl methyl sites for hydroxylation is 1. The Hall–Kier alpha value is -2.16. The molecule has 1 unspecified atom stereocenters. The van der Waals surface area contributed by atoms with Crippen molar-refractivity contribution >= 4 is 10.8 Å². The molecule has 0 saturated carbocycles. The summed E-state index contributed by atoms with van der Waals surface area (Å²) in [5.41, 5.74) is 6.80. The zero-order chi connectivity index (χ0) is 14.7. The highest BCUT2D eigenvalue weighted by atomic mass is 15.2.